The third-order valence-electron chi connectivity index (χ3n) is 4.30. The van der Waals surface area contributed by atoms with Gasteiger partial charge in [-0.3, -0.25) is 0 Å². The fourth-order valence-corrected chi connectivity index (χ4v) is 3.97. The number of para-hydroxylation sites is 1. The summed E-state index contributed by atoms with van der Waals surface area (Å²) in [6.45, 7) is 4.26. The Morgan fingerprint density at radius 3 is 2.88 bits per heavy atom. The molecule has 0 amide bonds. The number of ether oxygens (including phenoxy) is 2. The molecule has 0 radical (unpaired) electrons. The van der Waals surface area contributed by atoms with E-state index in [1.807, 2.05) is 24.3 Å². The van der Waals surface area contributed by atoms with E-state index in [1.165, 1.54) is 0 Å². The molecule has 2 unspecified atom stereocenters. The summed E-state index contributed by atoms with van der Waals surface area (Å²) in [6, 6.07) is 12.3. The highest BCUT2D eigenvalue weighted by atomic mass is 32.1. The van der Waals surface area contributed by atoms with E-state index in [4.69, 9.17) is 19.4 Å². The summed E-state index contributed by atoms with van der Waals surface area (Å²) < 4.78 is 11.3. The van der Waals surface area contributed by atoms with E-state index in [9.17, 15) is 0 Å². The van der Waals surface area contributed by atoms with Crippen LogP contribution in [-0.4, -0.2) is 49.0 Å². The van der Waals surface area contributed by atoms with Gasteiger partial charge in [-0.1, -0.05) is 18.2 Å². The van der Waals surface area contributed by atoms with Crippen molar-refractivity contribution in [1.29, 1.82) is 0 Å². The molecule has 0 aliphatic carbocycles. The Kier molecular flexibility index (Phi) is 4.65. The van der Waals surface area contributed by atoms with Gasteiger partial charge in [0, 0.05) is 25.6 Å². The van der Waals surface area contributed by atoms with Crippen molar-refractivity contribution < 1.29 is 9.47 Å². The van der Waals surface area contributed by atoms with Crippen LogP contribution in [0.5, 0.6) is 0 Å². The lowest BCUT2D eigenvalue weighted by Crippen LogP contribution is -2.48. The molecular weight excluding hydrogens is 334 g/mol. The van der Waals surface area contributed by atoms with Crippen molar-refractivity contribution in [2.45, 2.75) is 19.1 Å². The van der Waals surface area contributed by atoms with Gasteiger partial charge in [0.1, 0.15) is 5.82 Å². The Hall–Kier alpha value is -2.02. The van der Waals surface area contributed by atoms with Gasteiger partial charge in [-0.2, -0.15) is 0 Å². The summed E-state index contributed by atoms with van der Waals surface area (Å²) in [5.41, 5.74) is 0.971. The molecule has 0 bridgehead atoms. The van der Waals surface area contributed by atoms with Crippen LogP contribution in [0.3, 0.4) is 0 Å². The van der Waals surface area contributed by atoms with Crippen LogP contribution in [0.25, 0.3) is 21.6 Å². The highest BCUT2D eigenvalue weighted by Gasteiger charge is 2.27. The van der Waals surface area contributed by atoms with Gasteiger partial charge in [0.15, 0.2) is 5.82 Å². The van der Waals surface area contributed by atoms with E-state index in [1.54, 1.807) is 18.4 Å². The third-order valence-corrected chi connectivity index (χ3v) is 5.17. The van der Waals surface area contributed by atoms with Gasteiger partial charge < -0.3 is 14.4 Å². The van der Waals surface area contributed by atoms with E-state index in [0.717, 1.165) is 40.5 Å². The van der Waals surface area contributed by atoms with Crippen molar-refractivity contribution in [2.24, 2.45) is 0 Å². The second-order valence-electron chi connectivity index (χ2n) is 6.29. The Bertz CT molecular complexity index is 853. The predicted octanol–water partition coefficient (Wildman–Crippen LogP) is 3.60. The zero-order valence-electron chi connectivity index (χ0n) is 14.4. The predicted molar refractivity (Wildman–Crippen MR) is 101 cm³/mol. The number of hydrogen-bond donors (Lipinski definition) is 0. The van der Waals surface area contributed by atoms with Crippen LogP contribution in [0.1, 0.15) is 6.92 Å². The third kappa shape index (κ3) is 3.38. The first kappa shape index (κ1) is 16.4. The molecule has 130 valence electrons. The summed E-state index contributed by atoms with van der Waals surface area (Å²) in [7, 11) is 1.71. The minimum Gasteiger partial charge on any atom is -0.382 e. The van der Waals surface area contributed by atoms with E-state index >= 15 is 0 Å². The molecule has 25 heavy (non-hydrogen) atoms. The Morgan fingerprint density at radius 1 is 1.20 bits per heavy atom. The number of aromatic nitrogens is 2. The SMILES string of the molecule is COCC1CN(c2nc(-c3cccs3)nc3ccccc23)CC(C)O1. The highest BCUT2D eigenvalue weighted by molar-refractivity contribution is 7.13. The van der Waals surface area contributed by atoms with E-state index in [2.05, 4.69) is 29.3 Å². The molecule has 0 spiro atoms. The summed E-state index contributed by atoms with van der Waals surface area (Å²) in [4.78, 5) is 13.1. The number of rotatable bonds is 4. The maximum atomic E-state index is 5.98. The molecule has 6 heteroatoms. The Labute approximate surface area is 151 Å². The number of anilines is 1. The molecule has 2 aromatic heterocycles. The first-order valence-corrected chi connectivity index (χ1v) is 9.32. The van der Waals surface area contributed by atoms with Crippen molar-refractivity contribution in [3.8, 4) is 10.7 Å². The zero-order chi connectivity index (χ0) is 17.2. The van der Waals surface area contributed by atoms with Gasteiger partial charge in [0.2, 0.25) is 0 Å². The normalized spacial score (nSPS) is 21.0. The van der Waals surface area contributed by atoms with Crippen molar-refractivity contribution >= 4 is 28.1 Å². The van der Waals surface area contributed by atoms with Crippen LogP contribution in [0.2, 0.25) is 0 Å². The smallest absolute Gasteiger partial charge is 0.172 e. The molecule has 1 fully saturated rings. The first-order valence-electron chi connectivity index (χ1n) is 8.44. The number of nitrogens with zero attached hydrogens (tertiary/aromatic N) is 3. The lowest BCUT2D eigenvalue weighted by atomic mass is 10.1. The molecule has 1 aliphatic rings. The summed E-state index contributed by atoms with van der Waals surface area (Å²) >= 11 is 1.66. The van der Waals surface area contributed by atoms with Gasteiger partial charge in [0.05, 0.1) is 29.2 Å². The molecule has 1 saturated heterocycles. The molecular formula is C19H21N3O2S. The van der Waals surface area contributed by atoms with Crippen LogP contribution >= 0.6 is 11.3 Å². The number of methoxy groups -OCH3 is 1. The monoisotopic (exact) mass is 355 g/mol. The molecule has 0 N–H and O–H groups in total. The summed E-state index contributed by atoms with van der Waals surface area (Å²) in [5.74, 6) is 1.76. The van der Waals surface area contributed by atoms with Crippen LogP contribution in [0.4, 0.5) is 5.82 Å². The molecule has 3 heterocycles. The van der Waals surface area contributed by atoms with Gasteiger partial charge in [-0.15, -0.1) is 11.3 Å². The molecule has 3 aromatic rings. The minimum atomic E-state index is 0.0488. The lowest BCUT2D eigenvalue weighted by molar-refractivity contribution is -0.0512. The average Bonchev–Trinajstić information content (AvgIpc) is 3.15. The number of morpholine rings is 1. The van der Waals surface area contributed by atoms with E-state index in [0.29, 0.717) is 6.61 Å². The second kappa shape index (κ2) is 7.07. The quantitative estimate of drug-likeness (QED) is 0.716. The summed E-state index contributed by atoms with van der Waals surface area (Å²) in [6.07, 6.45) is 0.181. The maximum absolute atomic E-state index is 5.98. The first-order chi connectivity index (χ1) is 12.2. The Balaban J connectivity index is 1.79. The molecule has 5 nitrogen and oxygen atoms in total. The van der Waals surface area contributed by atoms with Crippen molar-refractivity contribution in [3.05, 3.63) is 41.8 Å². The van der Waals surface area contributed by atoms with Gasteiger partial charge >= 0.3 is 0 Å². The molecule has 1 aliphatic heterocycles. The van der Waals surface area contributed by atoms with Crippen LogP contribution < -0.4 is 4.90 Å². The van der Waals surface area contributed by atoms with E-state index in [-0.39, 0.29) is 12.2 Å². The van der Waals surface area contributed by atoms with Crippen molar-refractivity contribution in [2.75, 3.05) is 31.7 Å². The number of thiophene rings is 1. The molecule has 4 rings (SSSR count). The molecule has 0 saturated carbocycles. The topological polar surface area (TPSA) is 47.5 Å². The van der Waals surface area contributed by atoms with Gasteiger partial charge in [-0.05, 0) is 30.5 Å². The Morgan fingerprint density at radius 2 is 2.08 bits per heavy atom. The number of benzene rings is 1. The van der Waals surface area contributed by atoms with Crippen LogP contribution in [0, 0.1) is 0 Å². The standard InChI is InChI=1S/C19H21N3O2S/c1-13-10-22(11-14(24-13)12-23-2)19-15-6-3-4-7-16(15)20-18(21-19)17-8-5-9-25-17/h3-9,13-14H,10-12H2,1-2H3. The lowest BCUT2D eigenvalue weighted by Gasteiger charge is -2.37. The fourth-order valence-electron chi connectivity index (χ4n) is 3.31. The fraction of sp³-hybridized carbons (Fsp3) is 0.368. The molecule has 1 aromatic carbocycles. The van der Waals surface area contributed by atoms with E-state index < -0.39 is 0 Å². The van der Waals surface area contributed by atoms with Crippen LogP contribution in [-0.2, 0) is 9.47 Å². The average molecular weight is 355 g/mol. The van der Waals surface area contributed by atoms with Gasteiger partial charge in [-0.25, -0.2) is 9.97 Å². The maximum Gasteiger partial charge on any atom is 0.172 e. The highest BCUT2D eigenvalue weighted by Crippen LogP contribution is 2.31. The summed E-state index contributed by atoms with van der Waals surface area (Å²) in [5, 5.41) is 3.13. The molecule has 2 atom stereocenters. The van der Waals surface area contributed by atoms with Crippen molar-refractivity contribution in [1.82, 2.24) is 9.97 Å². The minimum absolute atomic E-state index is 0.0488. The largest absolute Gasteiger partial charge is 0.382 e. The second-order valence-corrected chi connectivity index (χ2v) is 7.24. The zero-order valence-corrected chi connectivity index (χ0v) is 15.2. The number of hydrogen-bond acceptors (Lipinski definition) is 6. The number of fused-ring (bicyclic) bond motifs is 1. The van der Waals surface area contributed by atoms with Crippen molar-refractivity contribution in [3.63, 3.8) is 0 Å². The van der Waals surface area contributed by atoms with Crippen LogP contribution in [0.15, 0.2) is 41.8 Å². The van der Waals surface area contributed by atoms with Gasteiger partial charge in [0.25, 0.3) is 0 Å².